The lowest BCUT2D eigenvalue weighted by Crippen LogP contribution is -2.45. The summed E-state index contributed by atoms with van der Waals surface area (Å²) in [5.41, 5.74) is 1.96. The number of rotatable bonds is 4. The highest BCUT2D eigenvalue weighted by atomic mass is 16.5. The van der Waals surface area contributed by atoms with Crippen LogP contribution in [0.5, 0.6) is 0 Å². The summed E-state index contributed by atoms with van der Waals surface area (Å²) < 4.78 is 6.36. The topological polar surface area (TPSA) is 26.3 Å². The van der Waals surface area contributed by atoms with Gasteiger partial charge in [-0.1, -0.05) is 52.0 Å². The van der Waals surface area contributed by atoms with Gasteiger partial charge in [-0.15, -0.1) is 0 Å². The summed E-state index contributed by atoms with van der Waals surface area (Å²) in [5.74, 6) is 1.91. The van der Waals surface area contributed by atoms with E-state index < -0.39 is 0 Å². The highest BCUT2D eigenvalue weighted by Gasteiger charge is 2.38. The number of hydrogen-bond acceptors (Lipinski definition) is 2. The summed E-state index contributed by atoms with van der Waals surface area (Å²) in [6, 6.07) is 7.94. The predicted octanol–water partition coefficient (Wildman–Crippen LogP) is 4.52. The van der Waals surface area contributed by atoms with Gasteiger partial charge in [-0.05, 0) is 43.1 Å². The molecule has 1 aromatic carbocycles. The molecule has 1 aromatic rings. The molecule has 116 valence electrons. The molecule has 1 aliphatic heterocycles. The maximum absolute atomic E-state index is 11.8. The van der Waals surface area contributed by atoms with Crippen LogP contribution in [0.15, 0.2) is 24.3 Å². The monoisotopic (exact) mass is 288 g/mol. The number of carbonyl (C=O) groups is 1. The highest BCUT2D eigenvalue weighted by molar-refractivity contribution is 5.95. The van der Waals surface area contributed by atoms with Crippen LogP contribution in [0.4, 0.5) is 0 Å². The molecule has 1 heterocycles. The first-order chi connectivity index (χ1) is 9.95. The molecule has 0 spiro atoms. The van der Waals surface area contributed by atoms with Gasteiger partial charge in [0.05, 0.1) is 12.2 Å². The van der Waals surface area contributed by atoms with Crippen molar-refractivity contribution in [1.29, 1.82) is 0 Å². The van der Waals surface area contributed by atoms with E-state index in [4.69, 9.17) is 4.74 Å². The molecule has 1 fully saturated rings. The van der Waals surface area contributed by atoms with Crippen molar-refractivity contribution in [3.05, 3.63) is 35.4 Å². The van der Waals surface area contributed by atoms with Crippen LogP contribution >= 0.6 is 0 Å². The molecule has 1 aliphatic rings. The largest absolute Gasteiger partial charge is 0.374 e. The SMILES string of the molecule is CCC1OC(Cc2ccccc2C(C)=O)C(C)C(C)C1C. The van der Waals surface area contributed by atoms with E-state index in [0.29, 0.717) is 23.9 Å². The first-order valence-corrected chi connectivity index (χ1v) is 8.20. The van der Waals surface area contributed by atoms with Gasteiger partial charge in [-0.25, -0.2) is 0 Å². The number of carbonyl (C=O) groups excluding carboxylic acids is 1. The van der Waals surface area contributed by atoms with Crippen molar-refractivity contribution in [3.63, 3.8) is 0 Å². The fourth-order valence-corrected chi connectivity index (χ4v) is 3.59. The minimum absolute atomic E-state index is 0.141. The van der Waals surface area contributed by atoms with Gasteiger partial charge in [0.25, 0.3) is 0 Å². The molecule has 0 aliphatic carbocycles. The summed E-state index contributed by atoms with van der Waals surface area (Å²) >= 11 is 0. The van der Waals surface area contributed by atoms with Crippen molar-refractivity contribution in [2.45, 2.75) is 59.7 Å². The standard InChI is InChI=1S/C19H28O2/c1-6-18-13(3)12(2)14(4)19(21-18)11-16-9-7-8-10-17(16)15(5)20/h7-10,12-14,18-19H,6,11H2,1-5H3. The Labute approximate surface area is 128 Å². The van der Waals surface area contributed by atoms with Crippen LogP contribution in [0.25, 0.3) is 0 Å². The molecule has 2 nitrogen and oxygen atoms in total. The van der Waals surface area contributed by atoms with E-state index in [1.165, 1.54) is 0 Å². The van der Waals surface area contributed by atoms with Gasteiger partial charge in [0, 0.05) is 5.56 Å². The van der Waals surface area contributed by atoms with E-state index in [1.807, 2.05) is 18.2 Å². The fraction of sp³-hybridized carbons (Fsp3) is 0.632. The highest BCUT2D eigenvalue weighted by Crippen LogP contribution is 2.37. The van der Waals surface area contributed by atoms with Gasteiger partial charge in [0.1, 0.15) is 0 Å². The van der Waals surface area contributed by atoms with E-state index in [1.54, 1.807) is 6.92 Å². The summed E-state index contributed by atoms with van der Waals surface area (Å²) in [6.07, 6.45) is 2.44. The molecule has 5 atom stereocenters. The Hall–Kier alpha value is -1.15. The Balaban J connectivity index is 2.20. The zero-order valence-electron chi connectivity index (χ0n) is 13.9. The minimum Gasteiger partial charge on any atom is -0.374 e. The van der Waals surface area contributed by atoms with Gasteiger partial charge in [-0.2, -0.15) is 0 Å². The fourth-order valence-electron chi connectivity index (χ4n) is 3.59. The van der Waals surface area contributed by atoms with Gasteiger partial charge in [0.2, 0.25) is 0 Å². The molecule has 0 bridgehead atoms. The Morgan fingerprint density at radius 2 is 1.67 bits per heavy atom. The van der Waals surface area contributed by atoms with E-state index in [-0.39, 0.29) is 11.9 Å². The van der Waals surface area contributed by atoms with Gasteiger partial charge < -0.3 is 4.74 Å². The second-order valence-corrected chi connectivity index (χ2v) is 6.62. The lowest BCUT2D eigenvalue weighted by molar-refractivity contribution is -0.132. The third kappa shape index (κ3) is 3.37. The van der Waals surface area contributed by atoms with E-state index in [2.05, 4.69) is 33.8 Å². The lowest BCUT2D eigenvalue weighted by Gasteiger charge is -2.44. The zero-order valence-corrected chi connectivity index (χ0v) is 13.9. The van der Waals surface area contributed by atoms with Crippen molar-refractivity contribution in [3.8, 4) is 0 Å². The summed E-state index contributed by atoms with van der Waals surface area (Å²) in [5, 5.41) is 0. The Morgan fingerprint density at radius 1 is 1.05 bits per heavy atom. The normalized spacial score (nSPS) is 32.9. The average molecular weight is 288 g/mol. The maximum atomic E-state index is 11.8. The predicted molar refractivity (Wildman–Crippen MR) is 86.6 cm³/mol. The molecule has 0 aromatic heterocycles. The first kappa shape index (κ1) is 16.2. The van der Waals surface area contributed by atoms with E-state index in [9.17, 15) is 4.79 Å². The Morgan fingerprint density at radius 3 is 2.29 bits per heavy atom. The third-order valence-electron chi connectivity index (χ3n) is 5.40. The van der Waals surface area contributed by atoms with E-state index in [0.717, 1.165) is 24.0 Å². The molecule has 21 heavy (non-hydrogen) atoms. The summed E-state index contributed by atoms with van der Waals surface area (Å²) in [6.45, 7) is 10.8. The van der Waals surface area contributed by atoms with Crippen molar-refractivity contribution >= 4 is 5.78 Å². The Kier molecular flexibility index (Phi) is 5.21. The molecule has 2 rings (SSSR count). The second-order valence-electron chi connectivity index (χ2n) is 6.62. The third-order valence-corrected chi connectivity index (χ3v) is 5.40. The molecule has 5 unspecified atom stereocenters. The number of benzene rings is 1. The van der Waals surface area contributed by atoms with Crippen LogP contribution in [0.2, 0.25) is 0 Å². The quantitative estimate of drug-likeness (QED) is 0.762. The van der Waals surface area contributed by atoms with Gasteiger partial charge >= 0.3 is 0 Å². The molecule has 2 heteroatoms. The number of Topliss-reactive ketones (excluding diaryl/α,β-unsaturated/α-hetero) is 1. The summed E-state index contributed by atoms with van der Waals surface area (Å²) in [7, 11) is 0. The van der Waals surface area contributed by atoms with Crippen LogP contribution in [-0.4, -0.2) is 18.0 Å². The second kappa shape index (κ2) is 6.74. The molecule has 0 radical (unpaired) electrons. The molecule has 1 saturated heterocycles. The molecular weight excluding hydrogens is 260 g/mol. The van der Waals surface area contributed by atoms with Crippen molar-refractivity contribution in [2.24, 2.45) is 17.8 Å². The summed E-state index contributed by atoms with van der Waals surface area (Å²) in [4.78, 5) is 11.8. The lowest BCUT2D eigenvalue weighted by atomic mass is 9.74. The molecule has 0 saturated carbocycles. The van der Waals surface area contributed by atoms with Crippen LogP contribution in [0.3, 0.4) is 0 Å². The number of ether oxygens (including phenoxy) is 1. The van der Waals surface area contributed by atoms with Crippen LogP contribution in [-0.2, 0) is 11.2 Å². The smallest absolute Gasteiger partial charge is 0.160 e. The molecule has 0 N–H and O–H groups in total. The van der Waals surface area contributed by atoms with Crippen LogP contribution < -0.4 is 0 Å². The average Bonchev–Trinajstić information content (AvgIpc) is 2.48. The molecular formula is C19H28O2. The van der Waals surface area contributed by atoms with Crippen molar-refractivity contribution in [2.75, 3.05) is 0 Å². The van der Waals surface area contributed by atoms with Crippen LogP contribution in [0.1, 0.15) is 57.0 Å². The van der Waals surface area contributed by atoms with Gasteiger partial charge in [-0.3, -0.25) is 4.79 Å². The van der Waals surface area contributed by atoms with E-state index >= 15 is 0 Å². The maximum Gasteiger partial charge on any atom is 0.160 e. The minimum atomic E-state index is 0.141. The Bertz CT molecular complexity index is 492. The van der Waals surface area contributed by atoms with Crippen molar-refractivity contribution < 1.29 is 9.53 Å². The van der Waals surface area contributed by atoms with Gasteiger partial charge in [0.15, 0.2) is 5.78 Å². The zero-order chi connectivity index (χ0) is 15.6. The van der Waals surface area contributed by atoms with Crippen molar-refractivity contribution in [1.82, 2.24) is 0 Å². The first-order valence-electron chi connectivity index (χ1n) is 8.20. The molecule has 0 amide bonds. The number of ketones is 1. The van der Waals surface area contributed by atoms with Crippen LogP contribution in [0, 0.1) is 17.8 Å². The number of hydrogen-bond donors (Lipinski definition) is 0.